The highest BCUT2D eigenvalue weighted by molar-refractivity contribution is 6.30. The van der Waals surface area contributed by atoms with Crippen LogP contribution in [-0.4, -0.2) is 18.5 Å². The largest absolute Gasteiger partial charge is 0.452 e. The molecule has 23 heavy (non-hydrogen) atoms. The molecule has 0 radical (unpaired) electrons. The van der Waals surface area contributed by atoms with Gasteiger partial charge in [-0.3, -0.25) is 4.79 Å². The lowest BCUT2D eigenvalue weighted by Crippen LogP contribution is -2.21. The summed E-state index contributed by atoms with van der Waals surface area (Å²) in [6, 6.07) is 12.1. The number of benzene rings is 2. The van der Waals surface area contributed by atoms with Gasteiger partial charge in [-0.05, 0) is 41.5 Å². The van der Waals surface area contributed by atoms with Gasteiger partial charge in [-0.15, -0.1) is 0 Å². The zero-order chi connectivity index (χ0) is 16.8. The first-order chi connectivity index (χ1) is 11.0. The highest BCUT2D eigenvalue weighted by atomic mass is 35.5. The summed E-state index contributed by atoms with van der Waals surface area (Å²) in [4.78, 5) is 23.0. The predicted molar refractivity (Wildman–Crippen MR) is 85.9 cm³/mol. The molecule has 118 valence electrons. The van der Waals surface area contributed by atoms with Crippen molar-refractivity contribution in [2.75, 3.05) is 6.61 Å². The van der Waals surface area contributed by atoms with E-state index in [0.717, 1.165) is 0 Å². The molecule has 0 aliphatic rings. The number of amides is 1. The van der Waals surface area contributed by atoms with Crippen LogP contribution in [0.4, 0.5) is 4.39 Å². The number of esters is 1. The third kappa shape index (κ3) is 4.93. The van der Waals surface area contributed by atoms with E-state index >= 15 is 0 Å². The van der Waals surface area contributed by atoms with E-state index < -0.39 is 24.3 Å². The van der Waals surface area contributed by atoms with Gasteiger partial charge in [0.1, 0.15) is 5.82 Å². The number of primary amides is 1. The van der Waals surface area contributed by atoms with E-state index in [-0.39, 0.29) is 5.57 Å². The fraction of sp³-hybridized carbons (Fsp3) is 0.0588. The molecule has 0 unspecified atom stereocenters. The molecule has 0 bridgehead atoms. The fourth-order valence-electron chi connectivity index (χ4n) is 1.83. The maximum absolute atomic E-state index is 13.1. The van der Waals surface area contributed by atoms with E-state index in [1.165, 1.54) is 24.3 Å². The second-order valence-electron chi connectivity index (χ2n) is 4.66. The van der Waals surface area contributed by atoms with Crippen LogP contribution in [0.25, 0.3) is 11.6 Å². The van der Waals surface area contributed by atoms with Crippen molar-refractivity contribution in [3.8, 4) is 0 Å². The van der Waals surface area contributed by atoms with E-state index in [1.807, 2.05) is 0 Å². The summed E-state index contributed by atoms with van der Waals surface area (Å²) in [5.41, 5.74) is 6.30. The Morgan fingerprint density at radius 1 is 1.09 bits per heavy atom. The van der Waals surface area contributed by atoms with E-state index in [2.05, 4.69) is 0 Å². The number of ether oxygens (including phenoxy) is 1. The summed E-state index contributed by atoms with van der Waals surface area (Å²) in [6.45, 7) is -0.530. The van der Waals surface area contributed by atoms with E-state index in [0.29, 0.717) is 16.1 Å². The maximum atomic E-state index is 13.1. The topological polar surface area (TPSA) is 69.4 Å². The van der Waals surface area contributed by atoms with Crippen molar-refractivity contribution in [1.29, 1.82) is 0 Å². The molecule has 2 rings (SSSR count). The van der Waals surface area contributed by atoms with Gasteiger partial charge in [0.15, 0.2) is 6.61 Å². The first-order valence-electron chi connectivity index (χ1n) is 6.64. The van der Waals surface area contributed by atoms with Crippen LogP contribution in [0.2, 0.25) is 5.02 Å². The molecule has 2 aromatic rings. The Morgan fingerprint density at radius 2 is 1.70 bits per heavy atom. The number of halogens is 2. The van der Waals surface area contributed by atoms with Crippen LogP contribution in [0.15, 0.2) is 48.5 Å². The lowest BCUT2D eigenvalue weighted by Gasteiger charge is -2.08. The summed E-state index contributed by atoms with van der Waals surface area (Å²) in [6.07, 6.45) is 1.56. The highest BCUT2D eigenvalue weighted by Crippen LogP contribution is 2.21. The van der Waals surface area contributed by atoms with Crippen LogP contribution in [0, 0.1) is 5.82 Å². The third-order valence-electron chi connectivity index (χ3n) is 2.90. The van der Waals surface area contributed by atoms with Crippen molar-refractivity contribution >= 4 is 35.1 Å². The molecule has 0 aliphatic heterocycles. The van der Waals surface area contributed by atoms with Crippen LogP contribution in [0.3, 0.4) is 0 Å². The van der Waals surface area contributed by atoms with Crippen molar-refractivity contribution < 1.29 is 18.7 Å². The lowest BCUT2D eigenvalue weighted by molar-refractivity contribution is -0.141. The minimum absolute atomic E-state index is 0.175. The van der Waals surface area contributed by atoms with Gasteiger partial charge in [0.05, 0.1) is 5.57 Å². The molecule has 2 N–H and O–H groups in total. The number of nitrogens with two attached hydrogens (primary N) is 1. The Bertz CT molecular complexity index is 739. The van der Waals surface area contributed by atoms with Gasteiger partial charge >= 0.3 is 5.97 Å². The molecule has 4 nitrogen and oxygen atoms in total. The molecule has 0 saturated carbocycles. The molecular weight excluding hydrogens is 321 g/mol. The molecule has 1 amide bonds. The molecule has 0 heterocycles. The monoisotopic (exact) mass is 333 g/mol. The van der Waals surface area contributed by atoms with Gasteiger partial charge in [0.25, 0.3) is 5.91 Å². The minimum atomic E-state index is -0.761. The number of hydrogen-bond acceptors (Lipinski definition) is 3. The van der Waals surface area contributed by atoms with E-state index in [9.17, 15) is 14.0 Å². The molecule has 0 atom stereocenters. The smallest absolute Gasteiger partial charge is 0.339 e. The van der Waals surface area contributed by atoms with Crippen molar-refractivity contribution in [2.24, 2.45) is 5.73 Å². The van der Waals surface area contributed by atoms with Gasteiger partial charge in [0, 0.05) is 5.02 Å². The van der Waals surface area contributed by atoms with Crippen molar-refractivity contribution in [1.82, 2.24) is 0 Å². The van der Waals surface area contributed by atoms with Crippen LogP contribution in [-0.2, 0) is 14.3 Å². The third-order valence-corrected chi connectivity index (χ3v) is 3.15. The minimum Gasteiger partial charge on any atom is -0.452 e. The SMILES string of the molecule is NC(=O)COC(=O)/C(=C/c1ccc(Cl)cc1)c1ccc(F)cc1. The van der Waals surface area contributed by atoms with Crippen LogP contribution >= 0.6 is 11.6 Å². The predicted octanol–water partition coefficient (Wildman–Crippen LogP) is 3.05. The second kappa shape index (κ2) is 7.56. The first-order valence-corrected chi connectivity index (χ1v) is 7.02. The zero-order valence-corrected chi connectivity index (χ0v) is 12.7. The number of hydrogen-bond donors (Lipinski definition) is 1. The van der Waals surface area contributed by atoms with Gasteiger partial charge < -0.3 is 10.5 Å². The van der Waals surface area contributed by atoms with Gasteiger partial charge in [-0.25, -0.2) is 9.18 Å². The molecule has 0 saturated heterocycles. The van der Waals surface area contributed by atoms with Gasteiger partial charge in [0.2, 0.25) is 0 Å². The summed E-state index contributed by atoms with van der Waals surface area (Å²) >= 11 is 5.82. The summed E-state index contributed by atoms with van der Waals surface area (Å²) < 4.78 is 17.9. The Morgan fingerprint density at radius 3 is 2.26 bits per heavy atom. The fourth-order valence-corrected chi connectivity index (χ4v) is 1.96. The standard InChI is InChI=1S/C17H13ClFNO3/c18-13-5-1-11(2-6-13)9-15(17(22)23-10-16(20)21)12-3-7-14(19)8-4-12/h1-9H,10H2,(H2,20,21)/b15-9+. The van der Waals surface area contributed by atoms with Crippen molar-refractivity contribution in [3.05, 3.63) is 70.5 Å². The summed E-state index contributed by atoms with van der Waals surface area (Å²) in [5.74, 6) is -1.92. The summed E-state index contributed by atoms with van der Waals surface area (Å²) in [5, 5.41) is 0.557. The second-order valence-corrected chi connectivity index (χ2v) is 5.10. The molecule has 6 heteroatoms. The molecule has 0 aliphatic carbocycles. The molecule has 2 aromatic carbocycles. The molecule has 0 aromatic heterocycles. The van der Waals surface area contributed by atoms with Gasteiger partial charge in [-0.1, -0.05) is 35.9 Å². The summed E-state index contributed by atoms with van der Waals surface area (Å²) in [7, 11) is 0. The highest BCUT2D eigenvalue weighted by Gasteiger charge is 2.15. The van der Waals surface area contributed by atoms with Gasteiger partial charge in [-0.2, -0.15) is 0 Å². The Kier molecular flexibility index (Phi) is 5.49. The maximum Gasteiger partial charge on any atom is 0.339 e. The quantitative estimate of drug-likeness (QED) is 0.519. The molecule has 0 spiro atoms. The Hall–Kier alpha value is -2.66. The lowest BCUT2D eigenvalue weighted by atomic mass is 10.0. The number of carbonyl (C=O) groups excluding carboxylic acids is 2. The Balaban J connectivity index is 2.37. The normalized spacial score (nSPS) is 11.1. The molecule has 0 fully saturated rings. The average Bonchev–Trinajstić information content (AvgIpc) is 2.53. The van der Waals surface area contributed by atoms with Crippen molar-refractivity contribution in [2.45, 2.75) is 0 Å². The number of rotatable bonds is 5. The van der Waals surface area contributed by atoms with Crippen LogP contribution in [0.1, 0.15) is 11.1 Å². The first kappa shape index (κ1) is 16.7. The van der Waals surface area contributed by atoms with Crippen molar-refractivity contribution in [3.63, 3.8) is 0 Å². The zero-order valence-electron chi connectivity index (χ0n) is 12.0. The average molecular weight is 334 g/mol. The van der Waals surface area contributed by atoms with E-state index in [1.54, 1.807) is 30.3 Å². The van der Waals surface area contributed by atoms with E-state index in [4.69, 9.17) is 22.1 Å². The number of carbonyl (C=O) groups is 2. The van der Waals surface area contributed by atoms with Crippen LogP contribution in [0.5, 0.6) is 0 Å². The van der Waals surface area contributed by atoms with Crippen LogP contribution < -0.4 is 5.73 Å². The Labute approximate surface area is 137 Å². The molecular formula is C17H13ClFNO3.